The van der Waals surface area contributed by atoms with Crippen molar-refractivity contribution in [1.82, 2.24) is 0 Å². The number of hydrogen-bond acceptors (Lipinski definition) is 8. The first kappa shape index (κ1) is 56.7. The normalized spacial score (nSPS) is 13.8. The van der Waals surface area contributed by atoms with Crippen LogP contribution in [0.5, 0.6) is 0 Å². The van der Waals surface area contributed by atoms with Crippen LogP contribution in [-0.2, 0) is 32.7 Å². The van der Waals surface area contributed by atoms with E-state index in [2.05, 4.69) is 74.6 Å². The molecular formula is C49H88NO8P. The average Bonchev–Trinajstić information content (AvgIpc) is 3.22. The van der Waals surface area contributed by atoms with Crippen LogP contribution < -0.4 is 5.73 Å². The molecule has 3 N–H and O–H groups in total. The van der Waals surface area contributed by atoms with Crippen LogP contribution in [0.3, 0.4) is 0 Å². The van der Waals surface area contributed by atoms with Gasteiger partial charge < -0.3 is 20.1 Å². The number of phosphoric ester groups is 1. The highest BCUT2D eigenvalue weighted by Crippen LogP contribution is 2.43. The molecule has 59 heavy (non-hydrogen) atoms. The molecule has 2 atom stereocenters. The number of unbranched alkanes of at least 4 members (excludes halogenated alkanes) is 21. The lowest BCUT2D eigenvalue weighted by Crippen LogP contribution is -2.29. The van der Waals surface area contributed by atoms with Crippen molar-refractivity contribution in [3.05, 3.63) is 60.8 Å². The fraction of sp³-hybridized carbons (Fsp3) is 0.755. The first-order chi connectivity index (χ1) is 28.8. The highest BCUT2D eigenvalue weighted by Gasteiger charge is 2.26. The number of phosphoric acid groups is 1. The smallest absolute Gasteiger partial charge is 0.462 e. The number of ether oxygens (including phenoxy) is 2. The second kappa shape index (κ2) is 45.2. The van der Waals surface area contributed by atoms with Crippen molar-refractivity contribution < 1.29 is 37.6 Å². The van der Waals surface area contributed by atoms with E-state index in [0.717, 1.165) is 57.8 Å². The predicted molar refractivity (Wildman–Crippen MR) is 247 cm³/mol. The van der Waals surface area contributed by atoms with Crippen LogP contribution in [-0.4, -0.2) is 49.3 Å². The molecule has 0 heterocycles. The van der Waals surface area contributed by atoms with Crippen LogP contribution in [0.1, 0.15) is 206 Å². The fourth-order valence-electron chi connectivity index (χ4n) is 6.39. The van der Waals surface area contributed by atoms with E-state index in [1.54, 1.807) is 0 Å². The van der Waals surface area contributed by atoms with Gasteiger partial charge in [0.05, 0.1) is 13.2 Å². The maximum atomic E-state index is 12.6. The van der Waals surface area contributed by atoms with Crippen LogP contribution in [0.25, 0.3) is 0 Å². The minimum atomic E-state index is -4.39. The van der Waals surface area contributed by atoms with Gasteiger partial charge in [0.15, 0.2) is 6.10 Å². The number of allylic oxidation sites excluding steroid dienone is 10. The van der Waals surface area contributed by atoms with Crippen molar-refractivity contribution in [3.63, 3.8) is 0 Å². The lowest BCUT2D eigenvalue weighted by Gasteiger charge is -2.19. The standard InChI is InChI=1S/C49H88NO8P/c1-3-5-7-9-11-13-15-17-19-20-21-22-23-24-25-26-28-29-31-33-35-37-39-41-48(51)55-45-47(46-57-59(53,54)56-44-43-50)58-49(52)42-40-38-36-34-32-30-27-18-16-14-12-10-8-6-4-2/h6,8,12,14,18,20-21,27,32,34,47H,3-5,7,9-11,13,15-17,19,22-26,28-31,33,35-46,50H2,1-2H3,(H,53,54)/b8-6-,14-12-,21-20-,27-18-,34-32-. The van der Waals surface area contributed by atoms with E-state index in [-0.39, 0.29) is 32.6 Å². The van der Waals surface area contributed by atoms with Crippen LogP contribution in [0, 0.1) is 0 Å². The van der Waals surface area contributed by atoms with E-state index in [4.69, 9.17) is 24.3 Å². The molecule has 0 spiro atoms. The van der Waals surface area contributed by atoms with Crippen molar-refractivity contribution >= 4 is 19.8 Å². The predicted octanol–water partition coefficient (Wildman–Crippen LogP) is 14.1. The third-order valence-electron chi connectivity index (χ3n) is 9.89. The molecule has 0 saturated carbocycles. The monoisotopic (exact) mass is 850 g/mol. The van der Waals surface area contributed by atoms with Crippen LogP contribution in [0.2, 0.25) is 0 Å². The van der Waals surface area contributed by atoms with E-state index in [1.165, 1.54) is 116 Å². The summed E-state index contributed by atoms with van der Waals surface area (Å²) in [5.41, 5.74) is 5.35. The molecule has 0 aromatic heterocycles. The van der Waals surface area contributed by atoms with Crippen LogP contribution in [0.4, 0.5) is 0 Å². The Morgan fingerprint density at radius 2 is 0.932 bits per heavy atom. The summed E-state index contributed by atoms with van der Waals surface area (Å²) in [6, 6.07) is 0. The Labute approximate surface area is 361 Å². The molecule has 9 nitrogen and oxygen atoms in total. The summed E-state index contributed by atoms with van der Waals surface area (Å²) < 4.78 is 32.8. The number of hydrogen-bond donors (Lipinski definition) is 2. The van der Waals surface area contributed by atoms with Gasteiger partial charge in [-0.15, -0.1) is 0 Å². The molecule has 0 radical (unpaired) electrons. The van der Waals surface area contributed by atoms with Gasteiger partial charge in [0.1, 0.15) is 6.61 Å². The van der Waals surface area contributed by atoms with Gasteiger partial charge >= 0.3 is 19.8 Å². The van der Waals surface area contributed by atoms with Gasteiger partial charge in [-0.3, -0.25) is 18.6 Å². The van der Waals surface area contributed by atoms with Gasteiger partial charge in [-0.1, -0.05) is 177 Å². The molecular weight excluding hydrogens is 762 g/mol. The summed E-state index contributed by atoms with van der Waals surface area (Å²) in [7, 11) is -4.39. The molecule has 0 amide bonds. The minimum absolute atomic E-state index is 0.0444. The topological polar surface area (TPSA) is 134 Å². The second-order valence-corrected chi connectivity index (χ2v) is 17.0. The van der Waals surface area contributed by atoms with Gasteiger partial charge in [0.25, 0.3) is 0 Å². The maximum absolute atomic E-state index is 12.6. The molecule has 0 saturated heterocycles. The summed E-state index contributed by atoms with van der Waals surface area (Å²) in [5.74, 6) is -0.878. The summed E-state index contributed by atoms with van der Waals surface area (Å²) in [4.78, 5) is 34.9. The van der Waals surface area contributed by atoms with E-state index in [1.807, 2.05) is 0 Å². The third kappa shape index (κ3) is 45.1. The molecule has 0 aromatic carbocycles. The molecule has 0 aromatic rings. The number of rotatable bonds is 44. The first-order valence-electron chi connectivity index (χ1n) is 23.8. The van der Waals surface area contributed by atoms with Gasteiger partial charge in [0, 0.05) is 19.4 Å². The number of carbonyl (C=O) groups is 2. The Morgan fingerprint density at radius 3 is 1.44 bits per heavy atom. The molecule has 342 valence electrons. The van der Waals surface area contributed by atoms with E-state index >= 15 is 0 Å². The van der Waals surface area contributed by atoms with Crippen molar-refractivity contribution in [2.45, 2.75) is 213 Å². The number of carbonyl (C=O) groups excluding carboxylic acids is 2. The molecule has 0 rings (SSSR count). The third-order valence-corrected chi connectivity index (χ3v) is 10.9. The molecule has 10 heteroatoms. The highest BCUT2D eigenvalue weighted by molar-refractivity contribution is 7.47. The van der Waals surface area contributed by atoms with E-state index in [0.29, 0.717) is 6.42 Å². The highest BCUT2D eigenvalue weighted by atomic mass is 31.2. The lowest BCUT2D eigenvalue weighted by atomic mass is 10.0. The SMILES string of the molecule is CC/C=C\C/C=C\C/C=C\C/C=C\CCCCC(=O)OC(COC(=O)CCCCCCCCCCCCC/C=C\CCCCCCCCCC)COP(=O)(O)OCCN. The Bertz CT molecular complexity index is 1150. The number of esters is 2. The zero-order chi connectivity index (χ0) is 43.2. The minimum Gasteiger partial charge on any atom is -0.462 e. The second-order valence-electron chi connectivity index (χ2n) is 15.6. The maximum Gasteiger partial charge on any atom is 0.472 e. The Kier molecular flexibility index (Phi) is 43.5. The molecule has 0 aliphatic heterocycles. The lowest BCUT2D eigenvalue weighted by molar-refractivity contribution is -0.161. The Morgan fingerprint density at radius 1 is 0.525 bits per heavy atom. The average molecular weight is 850 g/mol. The van der Waals surface area contributed by atoms with Crippen LogP contribution >= 0.6 is 7.82 Å². The van der Waals surface area contributed by atoms with E-state index < -0.39 is 32.5 Å². The van der Waals surface area contributed by atoms with Crippen LogP contribution in [0.15, 0.2) is 60.8 Å². The molecule has 0 fully saturated rings. The van der Waals surface area contributed by atoms with E-state index in [9.17, 15) is 19.0 Å². The van der Waals surface area contributed by atoms with Crippen molar-refractivity contribution in [1.29, 1.82) is 0 Å². The zero-order valence-electron chi connectivity index (χ0n) is 37.7. The molecule has 0 bridgehead atoms. The fourth-order valence-corrected chi connectivity index (χ4v) is 7.15. The summed E-state index contributed by atoms with van der Waals surface area (Å²) in [6.45, 7) is 3.57. The molecule has 0 aliphatic rings. The van der Waals surface area contributed by atoms with Crippen molar-refractivity contribution in [2.24, 2.45) is 5.73 Å². The summed E-state index contributed by atoms with van der Waals surface area (Å²) >= 11 is 0. The van der Waals surface area contributed by atoms with Crippen molar-refractivity contribution in [2.75, 3.05) is 26.4 Å². The zero-order valence-corrected chi connectivity index (χ0v) is 38.6. The van der Waals surface area contributed by atoms with Gasteiger partial charge in [-0.25, -0.2) is 4.57 Å². The van der Waals surface area contributed by atoms with Crippen molar-refractivity contribution in [3.8, 4) is 0 Å². The summed E-state index contributed by atoms with van der Waals surface area (Å²) in [6.07, 6.45) is 54.1. The van der Waals surface area contributed by atoms with Gasteiger partial charge in [-0.05, 0) is 77.0 Å². The van der Waals surface area contributed by atoms with Gasteiger partial charge in [0.2, 0.25) is 0 Å². The largest absolute Gasteiger partial charge is 0.472 e. The molecule has 2 unspecified atom stereocenters. The number of nitrogens with two attached hydrogens (primary N) is 1. The Hall–Kier alpha value is -2.29. The molecule has 0 aliphatic carbocycles. The quantitative estimate of drug-likeness (QED) is 0.0266. The van der Waals surface area contributed by atoms with Gasteiger partial charge in [-0.2, -0.15) is 0 Å². The Balaban J connectivity index is 4.09. The summed E-state index contributed by atoms with van der Waals surface area (Å²) in [5, 5.41) is 0. The first-order valence-corrected chi connectivity index (χ1v) is 25.3.